The maximum absolute atomic E-state index is 15.4. The Labute approximate surface area is 204 Å². The SMILES string of the molecule is CCCC1CCC(C2CCC(C3Cc4ccc(-c5ccc(C)cc5)c(F)c4C(=O)O3)CC2)CC1. The summed E-state index contributed by atoms with van der Waals surface area (Å²) in [6, 6.07) is 11.5. The topological polar surface area (TPSA) is 26.3 Å². The van der Waals surface area contributed by atoms with Crippen molar-refractivity contribution in [3.63, 3.8) is 0 Å². The van der Waals surface area contributed by atoms with E-state index in [0.717, 1.165) is 47.3 Å². The number of benzene rings is 2. The molecule has 2 aromatic rings. The van der Waals surface area contributed by atoms with Gasteiger partial charge in [0.1, 0.15) is 11.9 Å². The second-order valence-electron chi connectivity index (χ2n) is 11.2. The van der Waals surface area contributed by atoms with E-state index in [0.29, 0.717) is 17.9 Å². The number of fused-ring (bicyclic) bond motifs is 1. The molecular weight excluding hydrogens is 423 g/mol. The van der Waals surface area contributed by atoms with E-state index in [-0.39, 0.29) is 11.7 Å². The predicted molar refractivity (Wildman–Crippen MR) is 135 cm³/mol. The highest BCUT2D eigenvalue weighted by molar-refractivity contribution is 5.94. The van der Waals surface area contributed by atoms with Crippen LogP contribution in [0.1, 0.15) is 92.6 Å². The first-order valence-electron chi connectivity index (χ1n) is 13.6. The first-order valence-corrected chi connectivity index (χ1v) is 13.6. The standard InChI is InChI=1S/C31H39FO2/c1-3-4-21-7-11-22(12-8-21)23-13-15-25(16-14-23)28-19-26-17-18-27(24-9-5-20(2)6-10-24)30(32)29(26)31(33)34-28/h5-6,9-10,17-18,21-23,25,28H,3-4,7-8,11-16,19H2,1-2H3. The molecule has 0 N–H and O–H groups in total. The lowest BCUT2D eigenvalue weighted by Gasteiger charge is -2.40. The molecule has 34 heavy (non-hydrogen) atoms. The van der Waals surface area contributed by atoms with E-state index in [1.807, 2.05) is 43.3 Å². The third-order valence-corrected chi connectivity index (χ3v) is 9.07. The van der Waals surface area contributed by atoms with Crippen molar-refractivity contribution in [2.75, 3.05) is 0 Å². The molecule has 1 atom stereocenters. The molecule has 2 nitrogen and oxygen atoms in total. The summed E-state index contributed by atoms with van der Waals surface area (Å²) in [5.41, 5.74) is 3.35. The minimum absolute atomic E-state index is 0.106. The number of hydrogen-bond donors (Lipinski definition) is 0. The molecule has 1 unspecified atom stereocenters. The van der Waals surface area contributed by atoms with Crippen LogP contribution in [0.5, 0.6) is 0 Å². The van der Waals surface area contributed by atoms with E-state index in [2.05, 4.69) is 6.92 Å². The van der Waals surface area contributed by atoms with Gasteiger partial charge in [-0.15, -0.1) is 0 Å². The first kappa shape index (κ1) is 23.6. The minimum Gasteiger partial charge on any atom is -0.458 e. The van der Waals surface area contributed by atoms with Crippen LogP contribution in [0.3, 0.4) is 0 Å². The molecule has 2 fully saturated rings. The van der Waals surface area contributed by atoms with Gasteiger partial charge in [-0.2, -0.15) is 0 Å². The molecule has 2 aromatic carbocycles. The fourth-order valence-corrected chi connectivity index (χ4v) is 7.03. The van der Waals surface area contributed by atoms with Crippen LogP contribution < -0.4 is 0 Å². The van der Waals surface area contributed by atoms with E-state index < -0.39 is 11.8 Å². The van der Waals surface area contributed by atoms with Crippen molar-refractivity contribution in [3.05, 3.63) is 58.9 Å². The molecular formula is C31H39FO2. The Kier molecular flexibility index (Phi) is 7.09. The molecule has 0 saturated heterocycles. The highest BCUT2D eigenvalue weighted by atomic mass is 19.1. The fraction of sp³-hybridized carbons (Fsp3) is 0.581. The third-order valence-electron chi connectivity index (χ3n) is 9.07. The number of carbonyl (C=O) groups is 1. The number of esters is 1. The van der Waals surface area contributed by atoms with Gasteiger partial charge in [0.15, 0.2) is 0 Å². The number of cyclic esters (lactones) is 1. The molecule has 0 spiro atoms. The van der Waals surface area contributed by atoms with Gasteiger partial charge < -0.3 is 4.74 Å². The molecule has 1 aliphatic heterocycles. The zero-order valence-corrected chi connectivity index (χ0v) is 20.8. The summed E-state index contributed by atoms with van der Waals surface area (Å²) in [7, 11) is 0. The Bertz CT molecular complexity index is 995. The largest absolute Gasteiger partial charge is 0.458 e. The summed E-state index contributed by atoms with van der Waals surface area (Å²) in [5, 5.41) is 0. The van der Waals surface area contributed by atoms with E-state index in [1.165, 1.54) is 51.4 Å². The first-order chi connectivity index (χ1) is 16.5. The second-order valence-corrected chi connectivity index (χ2v) is 11.2. The van der Waals surface area contributed by atoms with Crippen molar-refractivity contribution in [2.24, 2.45) is 23.7 Å². The highest BCUT2D eigenvalue weighted by Crippen LogP contribution is 2.44. The van der Waals surface area contributed by atoms with Gasteiger partial charge in [-0.25, -0.2) is 9.18 Å². The molecule has 0 radical (unpaired) electrons. The smallest absolute Gasteiger partial charge is 0.341 e. The monoisotopic (exact) mass is 462 g/mol. The summed E-state index contributed by atoms with van der Waals surface area (Å²) >= 11 is 0. The Morgan fingerprint density at radius 1 is 0.853 bits per heavy atom. The molecule has 3 aliphatic rings. The zero-order chi connectivity index (χ0) is 23.7. The van der Waals surface area contributed by atoms with Crippen molar-refractivity contribution in [1.82, 2.24) is 0 Å². The number of halogens is 1. The van der Waals surface area contributed by atoms with Gasteiger partial charge in [0.25, 0.3) is 0 Å². The zero-order valence-electron chi connectivity index (χ0n) is 20.8. The lowest BCUT2D eigenvalue weighted by Crippen LogP contribution is -2.37. The third kappa shape index (κ3) is 4.81. The Balaban J connectivity index is 1.22. The summed E-state index contributed by atoms with van der Waals surface area (Å²) in [6.45, 7) is 4.32. The average molecular weight is 463 g/mol. The summed E-state index contributed by atoms with van der Waals surface area (Å²) in [6.07, 6.45) is 13.7. The Morgan fingerprint density at radius 3 is 2.12 bits per heavy atom. The molecule has 3 heteroatoms. The summed E-state index contributed by atoms with van der Waals surface area (Å²) < 4.78 is 21.3. The van der Waals surface area contributed by atoms with Crippen molar-refractivity contribution in [2.45, 2.75) is 90.6 Å². The van der Waals surface area contributed by atoms with Crippen LogP contribution in [0, 0.1) is 36.4 Å². The molecule has 0 aromatic heterocycles. The molecule has 0 amide bonds. The summed E-state index contributed by atoms with van der Waals surface area (Å²) in [5.74, 6) is 2.20. The minimum atomic E-state index is -0.478. The number of hydrogen-bond acceptors (Lipinski definition) is 2. The Morgan fingerprint density at radius 2 is 1.47 bits per heavy atom. The maximum atomic E-state index is 15.4. The van der Waals surface area contributed by atoms with E-state index in [9.17, 15) is 4.79 Å². The van der Waals surface area contributed by atoms with Gasteiger partial charge in [-0.1, -0.05) is 74.6 Å². The number of aryl methyl sites for hydroxylation is 1. The van der Waals surface area contributed by atoms with Gasteiger partial charge in [0.05, 0.1) is 5.56 Å². The molecule has 5 rings (SSSR count). The van der Waals surface area contributed by atoms with Gasteiger partial charge >= 0.3 is 5.97 Å². The predicted octanol–water partition coefficient (Wildman–Crippen LogP) is 8.30. The quantitative estimate of drug-likeness (QED) is 0.418. The molecule has 2 aliphatic carbocycles. The maximum Gasteiger partial charge on any atom is 0.341 e. The van der Waals surface area contributed by atoms with Crippen molar-refractivity contribution in [1.29, 1.82) is 0 Å². The van der Waals surface area contributed by atoms with Gasteiger partial charge in [-0.3, -0.25) is 0 Å². The van der Waals surface area contributed by atoms with E-state index >= 15 is 4.39 Å². The van der Waals surface area contributed by atoms with Crippen LogP contribution in [-0.2, 0) is 11.2 Å². The lowest BCUT2D eigenvalue weighted by molar-refractivity contribution is -0.00393. The van der Waals surface area contributed by atoms with Gasteiger partial charge in [0, 0.05) is 12.0 Å². The summed E-state index contributed by atoms with van der Waals surface area (Å²) in [4.78, 5) is 12.9. The van der Waals surface area contributed by atoms with Gasteiger partial charge in [-0.05, 0) is 80.2 Å². The van der Waals surface area contributed by atoms with Crippen LogP contribution in [0.4, 0.5) is 4.39 Å². The van der Waals surface area contributed by atoms with Crippen molar-refractivity contribution in [3.8, 4) is 11.1 Å². The van der Waals surface area contributed by atoms with Crippen LogP contribution in [-0.4, -0.2) is 12.1 Å². The molecule has 2 saturated carbocycles. The van der Waals surface area contributed by atoms with Crippen LogP contribution >= 0.6 is 0 Å². The van der Waals surface area contributed by atoms with Crippen LogP contribution in [0.2, 0.25) is 0 Å². The van der Waals surface area contributed by atoms with Crippen LogP contribution in [0.15, 0.2) is 36.4 Å². The Hall–Kier alpha value is -2.16. The van der Waals surface area contributed by atoms with Crippen molar-refractivity contribution >= 4 is 5.97 Å². The number of rotatable bonds is 5. The van der Waals surface area contributed by atoms with E-state index in [1.54, 1.807) is 0 Å². The van der Waals surface area contributed by atoms with E-state index in [4.69, 9.17) is 4.74 Å². The van der Waals surface area contributed by atoms with Crippen molar-refractivity contribution < 1.29 is 13.9 Å². The fourth-order valence-electron chi connectivity index (χ4n) is 7.03. The van der Waals surface area contributed by atoms with Gasteiger partial charge in [0.2, 0.25) is 0 Å². The molecule has 0 bridgehead atoms. The molecule has 182 valence electrons. The lowest BCUT2D eigenvalue weighted by atomic mass is 9.67. The normalized spacial score (nSPS) is 29.4. The highest BCUT2D eigenvalue weighted by Gasteiger charge is 2.38. The number of carbonyl (C=O) groups excluding carboxylic acids is 1. The van der Waals surface area contributed by atoms with Crippen LogP contribution in [0.25, 0.3) is 11.1 Å². The number of ether oxygens (including phenoxy) is 1. The molecule has 1 heterocycles. The average Bonchev–Trinajstić information content (AvgIpc) is 2.85. The second kappa shape index (κ2) is 10.2.